The highest BCUT2D eigenvalue weighted by Crippen LogP contribution is 2.39. The Morgan fingerprint density at radius 3 is 2.47 bits per heavy atom. The maximum atomic E-state index is 12.9. The van der Waals surface area contributed by atoms with Crippen molar-refractivity contribution in [1.29, 1.82) is 0 Å². The minimum Gasteiger partial charge on any atom is -0.452 e. The molecule has 0 bridgehead atoms. The van der Waals surface area contributed by atoms with E-state index in [0.29, 0.717) is 42.5 Å². The number of aryl methyl sites for hydroxylation is 1. The van der Waals surface area contributed by atoms with Crippen LogP contribution in [0.25, 0.3) is 6.08 Å². The monoisotopic (exact) mass is 502 g/mol. The number of carbonyl (C=O) groups excluding carboxylic acids is 2. The average Bonchev–Trinajstić information content (AvgIpc) is 3.01. The summed E-state index contributed by atoms with van der Waals surface area (Å²) in [5.74, 6) is -0.134. The number of fused-ring (bicyclic) bond motifs is 1. The highest BCUT2D eigenvalue weighted by molar-refractivity contribution is 9.10. The number of ketones is 1. The maximum Gasteiger partial charge on any atom is 0.344 e. The lowest BCUT2D eigenvalue weighted by Gasteiger charge is -2.08. The third kappa shape index (κ3) is 3.88. The Labute approximate surface area is 191 Å². The minimum atomic E-state index is -0.523. The number of carbonyl (C=O) groups is 2. The number of rotatable bonds is 3. The summed E-state index contributed by atoms with van der Waals surface area (Å²) in [5.41, 5.74) is 1.92. The number of ether oxygens (including phenoxy) is 2. The normalized spacial score (nSPS) is 13.9. The zero-order valence-corrected chi connectivity index (χ0v) is 18.6. The molecule has 7 heteroatoms. The number of esters is 1. The molecule has 1 heterocycles. The zero-order chi connectivity index (χ0) is 21.4. The fourth-order valence-electron chi connectivity index (χ4n) is 3.10. The first-order valence-electron chi connectivity index (χ1n) is 8.85. The predicted molar refractivity (Wildman–Crippen MR) is 120 cm³/mol. The minimum absolute atomic E-state index is 0.0948. The Balaban J connectivity index is 1.65. The van der Waals surface area contributed by atoms with Crippen molar-refractivity contribution in [3.63, 3.8) is 0 Å². The number of hydrogen-bond donors (Lipinski definition) is 0. The molecule has 0 aromatic heterocycles. The van der Waals surface area contributed by atoms with Gasteiger partial charge >= 0.3 is 5.97 Å². The van der Waals surface area contributed by atoms with E-state index in [0.717, 1.165) is 0 Å². The first kappa shape index (κ1) is 20.7. The van der Waals surface area contributed by atoms with Crippen LogP contribution in [-0.2, 0) is 0 Å². The molecule has 0 saturated heterocycles. The third-order valence-electron chi connectivity index (χ3n) is 4.52. The Hall–Kier alpha value is -2.60. The van der Waals surface area contributed by atoms with Crippen LogP contribution in [0.1, 0.15) is 31.8 Å². The van der Waals surface area contributed by atoms with Crippen LogP contribution in [0.5, 0.6) is 11.5 Å². The largest absolute Gasteiger partial charge is 0.452 e. The molecule has 0 fully saturated rings. The number of allylic oxidation sites excluding steroid dienone is 1. The van der Waals surface area contributed by atoms with E-state index in [1.165, 1.54) is 12.1 Å². The Morgan fingerprint density at radius 2 is 1.77 bits per heavy atom. The molecule has 3 aromatic rings. The van der Waals surface area contributed by atoms with Crippen molar-refractivity contribution in [2.45, 2.75) is 6.92 Å². The standard InChI is InChI=1S/C23H13BrCl2O4/c1-12-9-13(29-23(28)14-5-2-3-6-16(14)24)10-19-21(12)22(27)20(30-19)11-15-17(25)7-4-8-18(15)26/h2-11H,1H3/b20-11-. The van der Waals surface area contributed by atoms with E-state index in [-0.39, 0.29) is 17.3 Å². The lowest BCUT2D eigenvalue weighted by Crippen LogP contribution is -2.09. The summed E-state index contributed by atoms with van der Waals surface area (Å²) < 4.78 is 11.9. The van der Waals surface area contributed by atoms with Crippen LogP contribution in [0.4, 0.5) is 0 Å². The van der Waals surface area contributed by atoms with Crippen LogP contribution in [0.2, 0.25) is 10.0 Å². The molecule has 0 N–H and O–H groups in total. The van der Waals surface area contributed by atoms with Gasteiger partial charge in [-0.25, -0.2) is 4.79 Å². The molecule has 150 valence electrons. The first-order valence-corrected chi connectivity index (χ1v) is 10.4. The second-order valence-electron chi connectivity index (χ2n) is 6.56. The van der Waals surface area contributed by atoms with Gasteiger partial charge in [0.05, 0.1) is 11.1 Å². The van der Waals surface area contributed by atoms with Crippen LogP contribution in [0, 0.1) is 6.92 Å². The van der Waals surface area contributed by atoms with E-state index < -0.39 is 5.97 Å². The summed E-state index contributed by atoms with van der Waals surface area (Å²) in [6, 6.07) is 15.2. The molecule has 0 unspecified atom stereocenters. The molecule has 1 aliphatic heterocycles. The van der Waals surface area contributed by atoms with Gasteiger partial charge in [-0.2, -0.15) is 0 Å². The van der Waals surface area contributed by atoms with Gasteiger partial charge in [0.25, 0.3) is 0 Å². The van der Waals surface area contributed by atoms with Gasteiger partial charge in [0.15, 0.2) is 5.76 Å². The molecule has 0 aliphatic carbocycles. The molecular formula is C23H13BrCl2O4. The average molecular weight is 504 g/mol. The van der Waals surface area contributed by atoms with Crippen molar-refractivity contribution < 1.29 is 19.1 Å². The van der Waals surface area contributed by atoms with Gasteiger partial charge in [-0.1, -0.05) is 41.4 Å². The number of benzene rings is 3. The van der Waals surface area contributed by atoms with Crippen molar-refractivity contribution in [3.8, 4) is 11.5 Å². The Kier molecular flexibility index (Phi) is 5.69. The van der Waals surface area contributed by atoms with E-state index in [1.807, 2.05) is 0 Å². The molecule has 3 aromatic carbocycles. The summed E-state index contributed by atoms with van der Waals surface area (Å²) in [6.07, 6.45) is 1.51. The molecule has 0 amide bonds. The summed E-state index contributed by atoms with van der Waals surface area (Å²) in [5, 5.41) is 0.810. The summed E-state index contributed by atoms with van der Waals surface area (Å²) >= 11 is 15.7. The molecular weight excluding hydrogens is 491 g/mol. The lowest BCUT2D eigenvalue weighted by molar-refractivity contribution is 0.0733. The lowest BCUT2D eigenvalue weighted by atomic mass is 10.0. The summed E-state index contributed by atoms with van der Waals surface area (Å²) in [7, 11) is 0. The fourth-order valence-corrected chi connectivity index (χ4v) is 4.06. The smallest absolute Gasteiger partial charge is 0.344 e. The van der Waals surface area contributed by atoms with Gasteiger partial charge in [-0.05, 0) is 64.8 Å². The number of hydrogen-bond acceptors (Lipinski definition) is 4. The Morgan fingerprint density at radius 1 is 1.07 bits per heavy atom. The summed E-state index contributed by atoms with van der Waals surface area (Å²) in [4.78, 5) is 25.3. The van der Waals surface area contributed by atoms with Crippen molar-refractivity contribution >= 4 is 57.0 Å². The highest BCUT2D eigenvalue weighted by atomic mass is 79.9. The maximum absolute atomic E-state index is 12.9. The second-order valence-corrected chi connectivity index (χ2v) is 8.23. The molecule has 0 saturated carbocycles. The van der Waals surface area contributed by atoms with Gasteiger partial charge in [0.2, 0.25) is 5.78 Å². The van der Waals surface area contributed by atoms with Gasteiger partial charge in [-0.3, -0.25) is 4.79 Å². The van der Waals surface area contributed by atoms with E-state index in [4.69, 9.17) is 32.7 Å². The van der Waals surface area contributed by atoms with Crippen molar-refractivity contribution in [2.24, 2.45) is 0 Å². The molecule has 4 nitrogen and oxygen atoms in total. The quantitative estimate of drug-likeness (QED) is 0.221. The molecule has 0 radical (unpaired) electrons. The fraction of sp³-hybridized carbons (Fsp3) is 0.0435. The number of halogens is 3. The van der Waals surface area contributed by atoms with Crippen LogP contribution in [0.15, 0.2) is 64.8 Å². The van der Waals surface area contributed by atoms with Crippen LogP contribution in [0.3, 0.4) is 0 Å². The second kappa shape index (κ2) is 8.26. The Bertz CT molecular complexity index is 1210. The summed E-state index contributed by atoms with van der Waals surface area (Å²) in [6.45, 7) is 1.75. The van der Waals surface area contributed by atoms with E-state index in [1.54, 1.807) is 55.5 Å². The van der Waals surface area contributed by atoms with Crippen LogP contribution in [-0.4, -0.2) is 11.8 Å². The first-order chi connectivity index (χ1) is 14.3. The van der Waals surface area contributed by atoms with Gasteiger partial charge in [0.1, 0.15) is 11.5 Å². The highest BCUT2D eigenvalue weighted by Gasteiger charge is 2.31. The van der Waals surface area contributed by atoms with E-state index in [9.17, 15) is 9.59 Å². The molecule has 30 heavy (non-hydrogen) atoms. The van der Waals surface area contributed by atoms with Gasteiger partial charge in [-0.15, -0.1) is 0 Å². The molecule has 0 spiro atoms. The van der Waals surface area contributed by atoms with E-state index in [2.05, 4.69) is 15.9 Å². The van der Waals surface area contributed by atoms with E-state index >= 15 is 0 Å². The molecule has 4 rings (SSSR count). The predicted octanol–water partition coefficient (Wildman–Crippen LogP) is 6.90. The van der Waals surface area contributed by atoms with Gasteiger partial charge in [0, 0.05) is 26.1 Å². The number of Topliss-reactive ketones (excluding diaryl/α,β-unsaturated/α-hetero) is 1. The van der Waals surface area contributed by atoms with Crippen molar-refractivity contribution in [1.82, 2.24) is 0 Å². The van der Waals surface area contributed by atoms with Crippen LogP contribution < -0.4 is 9.47 Å². The topological polar surface area (TPSA) is 52.6 Å². The van der Waals surface area contributed by atoms with Crippen molar-refractivity contribution in [2.75, 3.05) is 0 Å². The SMILES string of the molecule is Cc1cc(OC(=O)c2ccccc2Br)cc2c1C(=O)/C(=C/c1c(Cl)cccc1Cl)O2. The van der Waals surface area contributed by atoms with Crippen molar-refractivity contribution in [3.05, 3.63) is 97.1 Å². The molecule has 1 aliphatic rings. The van der Waals surface area contributed by atoms with Crippen LogP contribution >= 0.6 is 39.1 Å². The zero-order valence-electron chi connectivity index (χ0n) is 15.5. The third-order valence-corrected chi connectivity index (χ3v) is 5.87. The van der Waals surface area contributed by atoms with Gasteiger partial charge < -0.3 is 9.47 Å². The molecule has 0 atom stereocenters.